The number of benzene rings is 1. The summed E-state index contributed by atoms with van der Waals surface area (Å²) < 4.78 is 75.1. The number of aromatic nitrogens is 1. The van der Waals surface area contributed by atoms with E-state index in [2.05, 4.69) is 10.3 Å². The number of anilines is 2. The normalized spacial score (nSPS) is 16.2. The van der Waals surface area contributed by atoms with Gasteiger partial charge in [0, 0.05) is 30.1 Å². The van der Waals surface area contributed by atoms with Crippen molar-refractivity contribution >= 4 is 28.5 Å². The predicted octanol–water partition coefficient (Wildman–Crippen LogP) is 3.80. The van der Waals surface area contributed by atoms with Crippen molar-refractivity contribution in [2.45, 2.75) is 25.2 Å². The van der Waals surface area contributed by atoms with Crippen LogP contribution < -0.4 is 15.5 Å². The number of alkyl halides is 3. The van der Waals surface area contributed by atoms with Gasteiger partial charge in [-0.25, -0.2) is 31.7 Å². The van der Waals surface area contributed by atoms with Crippen molar-refractivity contribution < 1.29 is 36.3 Å². The molecule has 0 aliphatic carbocycles. The van der Waals surface area contributed by atoms with Crippen LogP contribution in [0.5, 0.6) is 0 Å². The number of furan rings is 1. The van der Waals surface area contributed by atoms with E-state index in [-0.39, 0.29) is 16.6 Å². The predicted molar refractivity (Wildman–Crippen MR) is 104 cm³/mol. The molecule has 1 atom stereocenters. The van der Waals surface area contributed by atoms with E-state index in [9.17, 15) is 27.5 Å². The van der Waals surface area contributed by atoms with Gasteiger partial charge in [0.2, 0.25) is 0 Å². The van der Waals surface area contributed by atoms with E-state index in [1.807, 2.05) is 0 Å². The summed E-state index contributed by atoms with van der Waals surface area (Å²) in [5, 5.41) is 12.8. The summed E-state index contributed by atoms with van der Waals surface area (Å²) >= 11 is 0. The fraction of sp³-hybridized carbons (Fsp3) is 0.300. The number of pyridine rings is 1. The molecule has 2 aromatic heterocycles. The van der Waals surface area contributed by atoms with Crippen molar-refractivity contribution in [2.24, 2.45) is 0 Å². The van der Waals surface area contributed by atoms with Crippen LogP contribution in [0.15, 0.2) is 34.9 Å². The van der Waals surface area contributed by atoms with Crippen LogP contribution in [0.1, 0.15) is 11.3 Å². The fourth-order valence-corrected chi connectivity index (χ4v) is 3.42. The van der Waals surface area contributed by atoms with Crippen LogP contribution in [-0.2, 0) is 5.79 Å². The zero-order valence-electron chi connectivity index (χ0n) is 16.5. The molecule has 1 fully saturated rings. The molecule has 1 aliphatic heterocycles. The molecule has 4 rings (SSSR count). The molecule has 0 bridgehead atoms. The monoisotopic (exact) mass is 456 g/mol. The second-order valence-corrected chi connectivity index (χ2v) is 7.38. The number of carbonyl (C=O) groups excluding carboxylic acids is 1. The Balaban J connectivity index is 1.55. The molecule has 2 amide bonds. The number of β-amino-alcohol motifs (C(OH)–C–C–N with tert-alkyl or cyclic N) is 1. The Kier molecular flexibility index (Phi) is 5.41. The van der Waals surface area contributed by atoms with Gasteiger partial charge in [0.05, 0.1) is 18.0 Å². The molecule has 7 nitrogen and oxygen atoms in total. The Morgan fingerprint density at radius 2 is 2.03 bits per heavy atom. The maximum absolute atomic E-state index is 15.3. The summed E-state index contributed by atoms with van der Waals surface area (Å²) in [6.45, 7) is 1.95. The van der Waals surface area contributed by atoms with Gasteiger partial charge >= 0.3 is 11.8 Å². The summed E-state index contributed by atoms with van der Waals surface area (Å²) in [7, 11) is 0. The van der Waals surface area contributed by atoms with Gasteiger partial charge in [-0.2, -0.15) is 0 Å². The molecule has 0 radical (unpaired) electrons. The van der Waals surface area contributed by atoms with Crippen molar-refractivity contribution in [3.05, 3.63) is 53.4 Å². The lowest BCUT2D eigenvalue weighted by atomic mass is 10.1. The number of halogens is 5. The van der Waals surface area contributed by atoms with E-state index in [0.29, 0.717) is 25.0 Å². The highest BCUT2D eigenvalue weighted by Gasteiger charge is 2.49. The van der Waals surface area contributed by atoms with Crippen molar-refractivity contribution in [2.75, 3.05) is 23.3 Å². The first-order chi connectivity index (χ1) is 15.1. The third-order valence-electron chi connectivity index (χ3n) is 5.08. The van der Waals surface area contributed by atoms with Crippen molar-refractivity contribution in [3.8, 4) is 0 Å². The van der Waals surface area contributed by atoms with E-state index in [1.54, 1.807) is 4.90 Å². The molecule has 0 saturated carbocycles. The van der Waals surface area contributed by atoms with Gasteiger partial charge in [0.15, 0.2) is 17.2 Å². The molecular weight excluding hydrogens is 439 g/mol. The van der Waals surface area contributed by atoms with E-state index >= 15 is 4.39 Å². The van der Waals surface area contributed by atoms with Gasteiger partial charge in [-0.1, -0.05) is 0 Å². The molecule has 32 heavy (non-hydrogen) atoms. The quantitative estimate of drug-likeness (QED) is 0.401. The van der Waals surface area contributed by atoms with Gasteiger partial charge in [0.25, 0.3) is 6.43 Å². The Labute approximate surface area is 177 Å². The van der Waals surface area contributed by atoms with E-state index in [4.69, 9.17) is 4.42 Å². The topological polar surface area (TPSA) is 90.6 Å². The first kappa shape index (κ1) is 21.8. The van der Waals surface area contributed by atoms with Gasteiger partial charge in [-0.15, -0.1) is 0 Å². The van der Waals surface area contributed by atoms with Gasteiger partial charge < -0.3 is 19.7 Å². The first-order valence-electron chi connectivity index (χ1n) is 9.42. The maximum Gasteiger partial charge on any atom is 0.322 e. The highest BCUT2D eigenvalue weighted by Crippen LogP contribution is 2.39. The number of fused-ring (bicyclic) bond motifs is 1. The Morgan fingerprint density at radius 1 is 1.31 bits per heavy atom. The number of aryl methyl sites for hydroxylation is 1. The molecule has 3 heterocycles. The molecular formula is C20H17F5N4O3. The first-order valence-corrected chi connectivity index (χ1v) is 9.42. The lowest BCUT2D eigenvalue weighted by Crippen LogP contribution is -2.51. The number of nitrogens with zero attached hydrogens (tertiary/aromatic N) is 2. The summed E-state index contributed by atoms with van der Waals surface area (Å²) in [5.41, 5.74) is -0.817. The number of aliphatic hydroxyl groups excluding tert-OH is 1. The van der Waals surface area contributed by atoms with E-state index < -0.39 is 47.3 Å². The van der Waals surface area contributed by atoms with E-state index in [0.717, 1.165) is 13.0 Å². The second-order valence-electron chi connectivity index (χ2n) is 7.38. The minimum atomic E-state index is -3.82. The highest BCUT2D eigenvalue weighted by atomic mass is 19.3. The summed E-state index contributed by atoms with van der Waals surface area (Å²) in [5.74, 6) is -6.54. The Hall–Kier alpha value is -3.41. The number of aliphatic hydroxyl groups is 1. The second kappa shape index (κ2) is 7.93. The number of urea groups is 1. The van der Waals surface area contributed by atoms with Crippen LogP contribution in [0.3, 0.4) is 0 Å². The molecule has 170 valence electrons. The summed E-state index contributed by atoms with van der Waals surface area (Å²) in [6, 6.07) is 2.89. The molecule has 3 N–H and O–H groups in total. The maximum atomic E-state index is 15.3. The lowest BCUT2D eigenvalue weighted by Gasteiger charge is -2.36. The Bertz CT molecular complexity index is 1160. The number of amides is 2. The molecule has 1 saturated heterocycles. The minimum Gasteiger partial charge on any atom is -0.452 e. The van der Waals surface area contributed by atoms with Crippen LogP contribution >= 0.6 is 0 Å². The number of hydrogen-bond donors (Lipinski definition) is 3. The molecule has 1 aliphatic rings. The zero-order chi connectivity index (χ0) is 23.2. The number of hydrogen-bond acceptors (Lipinski definition) is 5. The van der Waals surface area contributed by atoms with Crippen LogP contribution in [0, 0.1) is 18.6 Å². The highest BCUT2D eigenvalue weighted by molar-refractivity contribution is 5.90. The minimum absolute atomic E-state index is 0.0818. The third kappa shape index (κ3) is 3.81. The number of nitrogens with one attached hydrogen (secondary N) is 2. The lowest BCUT2D eigenvalue weighted by molar-refractivity contribution is -0.0664. The number of rotatable bonds is 5. The van der Waals surface area contributed by atoms with Gasteiger partial charge in [0.1, 0.15) is 11.6 Å². The van der Waals surface area contributed by atoms with Crippen LogP contribution in [-0.4, -0.2) is 41.7 Å². The Morgan fingerprint density at radius 3 is 2.62 bits per heavy atom. The van der Waals surface area contributed by atoms with Crippen LogP contribution in [0.2, 0.25) is 0 Å². The zero-order valence-corrected chi connectivity index (χ0v) is 16.5. The van der Waals surface area contributed by atoms with E-state index in [1.165, 1.54) is 23.6 Å². The molecule has 1 unspecified atom stereocenters. The SMILES string of the molecule is Cc1c(C(F)(NC(=O)Nc2ccc(N3CC(O)C3)nc2)C(F)F)oc2c(F)cc(F)cc12. The van der Waals surface area contributed by atoms with Crippen molar-refractivity contribution in [3.63, 3.8) is 0 Å². The van der Waals surface area contributed by atoms with Gasteiger partial charge in [-0.3, -0.25) is 5.32 Å². The van der Waals surface area contributed by atoms with Crippen molar-refractivity contribution in [1.82, 2.24) is 10.3 Å². The number of carbonyl (C=O) groups is 1. The average molecular weight is 456 g/mol. The average Bonchev–Trinajstić information content (AvgIpc) is 3.03. The molecule has 3 aromatic rings. The molecule has 12 heteroatoms. The largest absolute Gasteiger partial charge is 0.452 e. The molecule has 1 aromatic carbocycles. The smallest absolute Gasteiger partial charge is 0.322 e. The van der Waals surface area contributed by atoms with Crippen LogP contribution in [0.4, 0.5) is 38.3 Å². The molecule has 0 spiro atoms. The van der Waals surface area contributed by atoms with Crippen molar-refractivity contribution in [1.29, 1.82) is 0 Å². The van der Waals surface area contributed by atoms with Gasteiger partial charge in [-0.05, 0) is 25.1 Å². The third-order valence-corrected chi connectivity index (χ3v) is 5.08. The summed E-state index contributed by atoms with van der Waals surface area (Å²) in [4.78, 5) is 18.1. The summed E-state index contributed by atoms with van der Waals surface area (Å²) in [6.07, 6.45) is -3.01. The standard InChI is InChI=1S/C20H17F5N4O3/c1-9-13-4-10(21)5-14(22)16(13)32-17(9)20(25,18(23)24)28-19(31)27-11-2-3-15(26-6-11)29-7-12(30)8-29/h2-6,12,18,30H,7-8H2,1H3,(H2,27,28,31). The fourth-order valence-electron chi connectivity index (χ4n) is 3.42. The van der Waals surface area contributed by atoms with Crippen LogP contribution in [0.25, 0.3) is 11.0 Å².